The van der Waals surface area contributed by atoms with Gasteiger partial charge in [-0.1, -0.05) is 49.4 Å². The summed E-state index contributed by atoms with van der Waals surface area (Å²) in [5.74, 6) is -14.3. The van der Waals surface area contributed by atoms with E-state index in [1.165, 1.54) is 99.7 Å². The number of primary amides is 3. The van der Waals surface area contributed by atoms with E-state index in [4.69, 9.17) is 56.3 Å². The van der Waals surface area contributed by atoms with E-state index in [-0.39, 0.29) is 77.8 Å². The van der Waals surface area contributed by atoms with Crippen LogP contribution in [0.15, 0.2) is 112 Å². The summed E-state index contributed by atoms with van der Waals surface area (Å²) >= 11 is 0. The van der Waals surface area contributed by atoms with Crippen molar-refractivity contribution >= 4 is 117 Å². The van der Waals surface area contributed by atoms with Crippen LogP contribution in [0.2, 0.25) is 0 Å². The summed E-state index contributed by atoms with van der Waals surface area (Å²) in [6.45, 7) is 7.84. The van der Waals surface area contributed by atoms with Gasteiger partial charge in [-0.15, -0.1) is 0 Å². The van der Waals surface area contributed by atoms with Gasteiger partial charge >= 0.3 is 24.3 Å². The van der Waals surface area contributed by atoms with Crippen molar-refractivity contribution in [2.75, 3.05) is 30.9 Å². The van der Waals surface area contributed by atoms with Crippen LogP contribution in [0.4, 0.5) is 25.8 Å². The number of aromatic nitrogens is 2. The number of methoxy groups -OCH3 is 1. The van der Waals surface area contributed by atoms with Crippen LogP contribution in [0.3, 0.4) is 0 Å². The van der Waals surface area contributed by atoms with Crippen molar-refractivity contribution in [3.05, 3.63) is 146 Å². The van der Waals surface area contributed by atoms with Gasteiger partial charge in [-0.2, -0.15) is 0 Å². The SMILES string of the molecule is CC[C@@]1(OC(=O)OCc2ccc(NC(=O)[C@H](CC(N)=O)NC(=O)[C@H](C)NC(=O)[C@H](C)NC(=O)C(C)C(=O)N[C@@H](C)C(=O)N[C@@H](C)C(=O)N[C@@H](CC(N)=O)C(=O)Nc3ccc(COC(=O)N4C5[C@@H]4CN4C6=C(C(=O)C(N)=C(C)C6=O)[C@@H](COC(N)=O)[C@@]54OC)cc3)cc2)C(=O)OCc2c1cc1n(c2=O)Cc2cc3ccccc3nc2-1. The highest BCUT2D eigenvalue weighted by Crippen LogP contribution is 2.60. The van der Waals surface area contributed by atoms with E-state index < -0.39 is 198 Å². The van der Waals surface area contributed by atoms with Gasteiger partial charge in [-0.3, -0.25) is 67.2 Å². The predicted molar refractivity (Wildman–Crippen MR) is 394 cm³/mol. The molecule has 5 aliphatic heterocycles. The fourth-order valence-corrected chi connectivity index (χ4v) is 14.3. The van der Waals surface area contributed by atoms with Crippen LogP contribution >= 0.6 is 0 Å². The van der Waals surface area contributed by atoms with Gasteiger partial charge in [-0.05, 0) is 102 Å². The molecule has 2 fully saturated rings. The Kier molecular flexibility index (Phi) is 23.4. The minimum atomic E-state index is -2.05. The molecule has 2 saturated heterocycles. The number of rotatable bonds is 29. The summed E-state index contributed by atoms with van der Waals surface area (Å²) in [6, 6.07) is 12.5. The first kappa shape index (κ1) is 81.4. The number of piperazine rings is 1. The van der Waals surface area contributed by atoms with Crippen molar-refractivity contribution < 1.29 is 105 Å². The van der Waals surface area contributed by atoms with Crippen LogP contribution in [-0.2, 0) is 123 Å². The van der Waals surface area contributed by atoms with E-state index >= 15 is 0 Å². The number of ether oxygens (including phenoxy) is 6. The number of para-hydroxylation sites is 1. The number of ketones is 2. The van der Waals surface area contributed by atoms with Crippen LogP contribution in [0.1, 0.15) is 95.5 Å². The Morgan fingerprint density at radius 3 is 1.68 bits per heavy atom. The van der Waals surface area contributed by atoms with E-state index in [2.05, 4.69) is 42.5 Å². The second kappa shape index (κ2) is 32.7. The molecular weight excluding hydrogens is 1490 g/mol. The molecular formula is C75H82N16O23. The van der Waals surface area contributed by atoms with Crippen molar-refractivity contribution in [2.45, 2.75) is 154 Å². The number of nitrogens with zero attached hydrogens (tertiary/aromatic N) is 4. The number of anilines is 2. The van der Waals surface area contributed by atoms with Crippen LogP contribution in [0.25, 0.3) is 22.3 Å². The molecule has 16 N–H and O–H groups in total. The number of benzene rings is 3. The second-order valence-corrected chi connectivity index (χ2v) is 28.1. The summed E-state index contributed by atoms with van der Waals surface area (Å²) in [5.41, 5.74) is 21.7. The number of Topliss-reactive ketones (excluding diaryl/α,β-unsaturated/α-hetero) is 2. The van der Waals surface area contributed by atoms with E-state index in [0.29, 0.717) is 28.0 Å². The topological polar surface area (TPSA) is 570 Å². The molecule has 3 aromatic carbocycles. The summed E-state index contributed by atoms with van der Waals surface area (Å²) in [6.07, 6.45) is -4.72. The molecule has 2 aromatic heterocycles. The zero-order valence-electron chi connectivity index (χ0n) is 62.7. The molecule has 0 spiro atoms. The number of hydrogen-bond donors (Lipinski definition) is 12. The van der Waals surface area contributed by atoms with Crippen molar-refractivity contribution in [3.8, 4) is 11.4 Å². The number of carbonyl (C=O) groups excluding carboxylic acids is 16. The lowest BCUT2D eigenvalue weighted by Gasteiger charge is -2.40. The first-order valence-electron chi connectivity index (χ1n) is 35.9. The van der Waals surface area contributed by atoms with Crippen LogP contribution in [-0.4, -0.2) is 189 Å². The van der Waals surface area contributed by atoms with E-state index in [1.807, 2.05) is 30.3 Å². The third-order valence-corrected chi connectivity index (χ3v) is 20.6. The van der Waals surface area contributed by atoms with E-state index in [9.17, 15) is 81.5 Å². The molecule has 39 nitrogen and oxygen atoms in total. The van der Waals surface area contributed by atoms with Gasteiger partial charge < -0.3 is 103 Å². The molecule has 11 rings (SSSR count). The van der Waals surface area contributed by atoms with Crippen molar-refractivity contribution in [3.63, 3.8) is 0 Å². The molecule has 12 amide bonds. The molecule has 114 heavy (non-hydrogen) atoms. The monoisotopic (exact) mass is 1570 g/mol. The average molecular weight is 1580 g/mol. The first-order chi connectivity index (χ1) is 54.0. The van der Waals surface area contributed by atoms with Crippen molar-refractivity contribution in [1.82, 2.24) is 51.3 Å². The fraction of sp³-hybridized carbons (Fsp3) is 0.387. The Morgan fingerprint density at radius 2 is 1.16 bits per heavy atom. The van der Waals surface area contributed by atoms with Gasteiger partial charge in [0.05, 0.1) is 65.2 Å². The zero-order valence-corrected chi connectivity index (χ0v) is 62.7. The van der Waals surface area contributed by atoms with Gasteiger partial charge in [0.2, 0.25) is 76.2 Å². The van der Waals surface area contributed by atoms with Crippen molar-refractivity contribution in [2.24, 2.45) is 34.8 Å². The lowest BCUT2D eigenvalue weighted by atomic mass is 9.82. The number of carbonyl (C=O) groups is 16. The molecule has 6 aliphatic rings. The Bertz CT molecular complexity index is 5040. The third-order valence-electron chi connectivity index (χ3n) is 20.6. The molecule has 2 unspecified atom stereocenters. The number of pyridine rings is 2. The first-order valence-corrected chi connectivity index (χ1v) is 35.9. The van der Waals surface area contributed by atoms with Gasteiger partial charge in [-0.25, -0.2) is 24.2 Å². The van der Waals surface area contributed by atoms with Crippen LogP contribution < -0.4 is 71.0 Å². The Labute approximate surface area is 647 Å². The van der Waals surface area contributed by atoms with E-state index in [0.717, 1.165) is 17.9 Å². The smallest absolute Gasteiger partial charge is 0.457 e. The quantitative estimate of drug-likeness (QED) is 0.00890. The number of amides is 12. The van der Waals surface area contributed by atoms with E-state index in [1.54, 1.807) is 17.9 Å². The van der Waals surface area contributed by atoms with Gasteiger partial charge in [0.1, 0.15) is 74.6 Å². The largest absolute Gasteiger partial charge is 0.510 e. The molecule has 0 bridgehead atoms. The average Bonchev–Trinajstić information content (AvgIpc) is 1.48. The number of nitrogens with two attached hydrogens (primary N) is 4. The highest BCUT2D eigenvalue weighted by atomic mass is 16.7. The number of allylic oxidation sites excluding steroid dienone is 2. The maximum atomic E-state index is 14.0. The van der Waals surface area contributed by atoms with Crippen LogP contribution in [0.5, 0.6) is 0 Å². The molecule has 5 aromatic rings. The third kappa shape index (κ3) is 16.1. The maximum absolute atomic E-state index is 14.0. The highest BCUT2D eigenvalue weighted by Gasteiger charge is 2.78. The Balaban J connectivity index is 0.593. The normalized spacial score (nSPS) is 20.5. The summed E-state index contributed by atoms with van der Waals surface area (Å²) < 4.78 is 34.9. The Morgan fingerprint density at radius 1 is 0.640 bits per heavy atom. The highest BCUT2D eigenvalue weighted by molar-refractivity contribution is 6.25. The Hall–Kier alpha value is -13.6. The number of cyclic esters (lactones) is 1. The zero-order chi connectivity index (χ0) is 82.9. The molecule has 600 valence electrons. The molecule has 39 heteroatoms. The molecule has 0 radical (unpaired) electrons. The maximum Gasteiger partial charge on any atom is 0.510 e. The molecule has 0 saturated carbocycles. The number of esters is 1. The molecule has 12 atom stereocenters. The predicted octanol–water partition coefficient (Wildman–Crippen LogP) is -0.895. The fourth-order valence-electron chi connectivity index (χ4n) is 14.3. The van der Waals surface area contributed by atoms with Crippen LogP contribution in [0, 0.1) is 11.8 Å². The minimum absolute atomic E-state index is 0.0278. The summed E-state index contributed by atoms with van der Waals surface area (Å²) in [7, 11) is 1.32. The number of hydrogen-bond acceptors (Lipinski definition) is 26. The summed E-state index contributed by atoms with van der Waals surface area (Å²) in [4.78, 5) is 232. The standard InChI is InChI=1S/C75H82N16O23/c1-9-74(45-23-50-56-41(22-40-12-10-11-13-47(40)86-56)26-89(50)69(104)44(45)30-110-70(74)105)114-73(108)113-29-39-16-20-43(21-17-39)85-68(103)49(25-53(77)93)88-66(101)37(7)83-64(99)35(5)81-62(97)33(3)61(96)80-34(4)63(98)82-36(6)65(100)87-48(24-52(76)92)67(102)84-42-18-14-38(15-19-42)28-112-72(107)91-51-27-90-57-54(59(95)55(78)32(2)58(57)94)46(31-111-71(79)106)75(90,109-8)60(51)91/h10-23,33-37,46,48-49,51,60H,9,24-31,78H2,1-8H3,(H2,76,92)(H2,77,93)(H2,79,106)(H,80,96)(H,81,97)(H,82,98)(H,83,99)(H,84,102)(H,85,103)(H,87,100)(H,88,101)/t33?,34-,35-,36-,37-,46+,48-,49-,51-,60?,74-,75+,91?/m0/s1. The van der Waals surface area contributed by atoms with Gasteiger partial charge in [0.15, 0.2) is 5.72 Å². The minimum Gasteiger partial charge on any atom is -0.457 e. The summed E-state index contributed by atoms with van der Waals surface area (Å²) in [5, 5.41) is 20.0. The molecule has 7 heterocycles. The number of fused-ring (bicyclic) bond motifs is 9. The van der Waals surface area contributed by atoms with Gasteiger partial charge in [0, 0.05) is 52.7 Å². The lowest BCUT2D eigenvalue weighted by molar-refractivity contribution is -0.175. The lowest BCUT2D eigenvalue weighted by Crippen LogP contribution is -2.57. The van der Waals surface area contributed by atoms with Crippen molar-refractivity contribution in [1.29, 1.82) is 0 Å². The van der Waals surface area contributed by atoms with Gasteiger partial charge in [0.25, 0.3) is 5.56 Å². The number of nitrogens with one attached hydrogen (secondary N) is 8. The molecule has 1 aliphatic carbocycles. The second-order valence-electron chi connectivity index (χ2n) is 28.1.